The fourth-order valence-corrected chi connectivity index (χ4v) is 2.71. The van der Waals surface area contributed by atoms with Gasteiger partial charge in [-0.1, -0.05) is 6.42 Å². The van der Waals surface area contributed by atoms with Crippen molar-refractivity contribution in [2.24, 2.45) is 11.7 Å². The summed E-state index contributed by atoms with van der Waals surface area (Å²) in [6.07, 6.45) is 4.00. The molecule has 19 heavy (non-hydrogen) atoms. The largest absolute Gasteiger partial charge is 0.371 e. The Kier molecular flexibility index (Phi) is 4.46. The maximum atomic E-state index is 13.8. The summed E-state index contributed by atoms with van der Waals surface area (Å²) in [7, 11) is 0. The molecule has 1 aromatic carbocycles. The molecule has 2 nitrogen and oxygen atoms in total. The summed E-state index contributed by atoms with van der Waals surface area (Å²) in [5.41, 5.74) is 8.75. The van der Waals surface area contributed by atoms with Crippen molar-refractivity contribution in [3.05, 3.63) is 29.1 Å². The smallest absolute Gasteiger partial charge is 0.126 e. The summed E-state index contributed by atoms with van der Waals surface area (Å²) >= 11 is 0. The van der Waals surface area contributed by atoms with Crippen molar-refractivity contribution in [2.75, 3.05) is 18.0 Å². The fourth-order valence-electron chi connectivity index (χ4n) is 2.71. The summed E-state index contributed by atoms with van der Waals surface area (Å²) in [6.45, 7) is 7.91. The van der Waals surface area contributed by atoms with Gasteiger partial charge in [0.1, 0.15) is 5.82 Å². The monoisotopic (exact) mass is 264 g/mol. The van der Waals surface area contributed by atoms with Crippen LogP contribution >= 0.6 is 0 Å². The lowest BCUT2D eigenvalue weighted by molar-refractivity contribution is 0.318. The SMILES string of the molecule is CCN(CC1CCC1)c1cc(C)c(F)cc1C(C)N. The van der Waals surface area contributed by atoms with Crippen molar-refractivity contribution in [1.82, 2.24) is 0 Å². The predicted molar refractivity (Wildman–Crippen MR) is 79.0 cm³/mol. The quantitative estimate of drug-likeness (QED) is 0.877. The molecule has 3 heteroatoms. The number of hydrogen-bond acceptors (Lipinski definition) is 2. The number of hydrogen-bond donors (Lipinski definition) is 1. The first-order valence-corrected chi connectivity index (χ1v) is 7.33. The number of rotatable bonds is 5. The molecular weight excluding hydrogens is 239 g/mol. The molecule has 106 valence electrons. The molecule has 2 rings (SSSR count). The van der Waals surface area contributed by atoms with E-state index >= 15 is 0 Å². The summed E-state index contributed by atoms with van der Waals surface area (Å²) in [6, 6.07) is 3.43. The lowest BCUT2D eigenvalue weighted by Gasteiger charge is -2.35. The van der Waals surface area contributed by atoms with Gasteiger partial charge in [-0.15, -0.1) is 0 Å². The Balaban J connectivity index is 2.31. The molecule has 0 aromatic heterocycles. The predicted octanol–water partition coefficient (Wildman–Crippen LogP) is 3.78. The van der Waals surface area contributed by atoms with Crippen LogP contribution in [-0.4, -0.2) is 13.1 Å². The van der Waals surface area contributed by atoms with Crippen LogP contribution in [0.2, 0.25) is 0 Å². The van der Waals surface area contributed by atoms with Crippen molar-refractivity contribution >= 4 is 5.69 Å². The first-order chi connectivity index (χ1) is 9.02. The molecule has 1 aliphatic rings. The zero-order chi connectivity index (χ0) is 14.0. The van der Waals surface area contributed by atoms with Crippen molar-refractivity contribution in [1.29, 1.82) is 0 Å². The molecule has 0 heterocycles. The Hall–Kier alpha value is -1.09. The van der Waals surface area contributed by atoms with Crippen LogP contribution in [0.1, 0.15) is 50.3 Å². The highest BCUT2D eigenvalue weighted by Crippen LogP contribution is 2.32. The second kappa shape index (κ2) is 5.91. The average Bonchev–Trinajstić information content (AvgIpc) is 2.31. The van der Waals surface area contributed by atoms with E-state index < -0.39 is 0 Å². The van der Waals surface area contributed by atoms with Gasteiger partial charge in [-0.3, -0.25) is 0 Å². The normalized spacial score (nSPS) is 17.1. The third-order valence-electron chi connectivity index (χ3n) is 4.22. The van der Waals surface area contributed by atoms with Gasteiger partial charge in [-0.25, -0.2) is 4.39 Å². The molecule has 0 spiro atoms. The van der Waals surface area contributed by atoms with E-state index in [0.29, 0.717) is 5.56 Å². The molecule has 0 aliphatic heterocycles. The van der Waals surface area contributed by atoms with Gasteiger partial charge in [-0.05, 0) is 62.8 Å². The average molecular weight is 264 g/mol. The van der Waals surface area contributed by atoms with Crippen LogP contribution < -0.4 is 10.6 Å². The minimum Gasteiger partial charge on any atom is -0.371 e. The second-order valence-corrected chi connectivity index (χ2v) is 5.78. The van der Waals surface area contributed by atoms with Crippen molar-refractivity contribution in [3.63, 3.8) is 0 Å². The van der Waals surface area contributed by atoms with Crippen LogP contribution in [-0.2, 0) is 0 Å². The number of nitrogens with two attached hydrogens (primary N) is 1. The van der Waals surface area contributed by atoms with Gasteiger partial charge < -0.3 is 10.6 Å². The highest BCUT2D eigenvalue weighted by Gasteiger charge is 2.22. The van der Waals surface area contributed by atoms with Gasteiger partial charge in [0.2, 0.25) is 0 Å². The topological polar surface area (TPSA) is 29.3 Å². The zero-order valence-corrected chi connectivity index (χ0v) is 12.2. The van der Waals surface area contributed by atoms with Gasteiger partial charge in [0.25, 0.3) is 0 Å². The van der Waals surface area contributed by atoms with E-state index in [2.05, 4.69) is 11.8 Å². The maximum Gasteiger partial charge on any atom is 0.126 e. The summed E-state index contributed by atoms with van der Waals surface area (Å²) in [5, 5.41) is 0. The molecule has 0 saturated heterocycles. The van der Waals surface area contributed by atoms with Gasteiger partial charge in [0.05, 0.1) is 0 Å². The number of anilines is 1. The molecule has 1 unspecified atom stereocenters. The number of aryl methyl sites for hydroxylation is 1. The van der Waals surface area contributed by atoms with E-state index in [1.165, 1.54) is 19.3 Å². The van der Waals surface area contributed by atoms with E-state index in [1.54, 1.807) is 6.07 Å². The molecule has 2 N–H and O–H groups in total. The van der Waals surface area contributed by atoms with Gasteiger partial charge in [0, 0.05) is 24.8 Å². The summed E-state index contributed by atoms with van der Waals surface area (Å²) in [5.74, 6) is 0.641. The van der Waals surface area contributed by atoms with E-state index in [9.17, 15) is 4.39 Å². The summed E-state index contributed by atoms with van der Waals surface area (Å²) < 4.78 is 13.8. The van der Waals surface area contributed by atoms with Crippen LogP contribution in [0.4, 0.5) is 10.1 Å². The van der Waals surface area contributed by atoms with Crippen LogP contribution in [0.5, 0.6) is 0 Å². The third-order valence-corrected chi connectivity index (χ3v) is 4.22. The Labute approximate surface area is 115 Å². The number of nitrogens with zero attached hydrogens (tertiary/aromatic N) is 1. The molecule has 0 amide bonds. The van der Waals surface area contributed by atoms with Crippen molar-refractivity contribution in [2.45, 2.75) is 46.1 Å². The molecular formula is C16H25FN2. The fraction of sp³-hybridized carbons (Fsp3) is 0.625. The van der Waals surface area contributed by atoms with Crippen molar-refractivity contribution < 1.29 is 4.39 Å². The standard InChI is InChI=1S/C16H25FN2/c1-4-19(10-13-6-5-7-13)16-8-11(2)15(17)9-14(16)12(3)18/h8-9,12-13H,4-7,10,18H2,1-3H3. The van der Waals surface area contributed by atoms with Gasteiger partial charge >= 0.3 is 0 Å². The Bertz CT molecular complexity index is 439. The first-order valence-electron chi connectivity index (χ1n) is 7.33. The third kappa shape index (κ3) is 3.08. The lowest BCUT2D eigenvalue weighted by Crippen LogP contribution is -2.33. The first kappa shape index (κ1) is 14.3. The molecule has 1 atom stereocenters. The van der Waals surface area contributed by atoms with Crippen LogP contribution in [0.3, 0.4) is 0 Å². The minimum absolute atomic E-state index is 0.138. The second-order valence-electron chi connectivity index (χ2n) is 5.78. The van der Waals surface area contributed by atoms with Gasteiger partial charge in [-0.2, -0.15) is 0 Å². The van der Waals surface area contributed by atoms with Crippen LogP contribution in [0, 0.1) is 18.7 Å². The molecule has 1 saturated carbocycles. The minimum atomic E-state index is -0.157. The molecule has 1 aromatic rings. The lowest BCUT2D eigenvalue weighted by atomic mass is 9.85. The van der Waals surface area contributed by atoms with E-state index in [-0.39, 0.29) is 11.9 Å². The van der Waals surface area contributed by atoms with E-state index in [4.69, 9.17) is 5.73 Å². The molecule has 1 aliphatic carbocycles. The number of benzene rings is 1. The zero-order valence-electron chi connectivity index (χ0n) is 12.2. The highest BCUT2D eigenvalue weighted by molar-refractivity contribution is 5.57. The van der Waals surface area contributed by atoms with Gasteiger partial charge in [0.15, 0.2) is 0 Å². The molecule has 0 radical (unpaired) electrons. The molecule has 0 bridgehead atoms. The Morgan fingerprint density at radius 3 is 2.58 bits per heavy atom. The summed E-state index contributed by atoms with van der Waals surface area (Å²) in [4.78, 5) is 2.36. The van der Waals surface area contributed by atoms with Crippen molar-refractivity contribution in [3.8, 4) is 0 Å². The highest BCUT2D eigenvalue weighted by atomic mass is 19.1. The maximum absolute atomic E-state index is 13.8. The Morgan fingerprint density at radius 1 is 1.42 bits per heavy atom. The van der Waals surface area contributed by atoms with E-state index in [0.717, 1.165) is 30.3 Å². The molecule has 1 fully saturated rings. The number of halogens is 1. The van der Waals surface area contributed by atoms with Crippen LogP contribution in [0.15, 0.2) is 12.1 Å². The van der Waals surface area contributed by atoms with E-state index in [1.807, 2.05) is 19.9 Å². The Morgan fingerprint density at radius 2 is 2.11 bits per heavy atom. The van der Waals surface area contributed by atoms with Crippen LogP contribution in [0.25, 0.3) is 0 Å².